The third-order valence-corrected chi connectivity index (χ3v) is 6.23. The number of hydrogen-bond acceptors (Lipinski definition) is 6. The third kappa shape index (κ3) is 6.40. The Hall–Kier alpha value is -3.28. The second-order valence-corrected chi connectivity index (χ2v) is 8.97. The number of carbonyl (C=O) groups excluding carboxylic acids is 2. The summed E-state index contributed by atoms with van der Waals surface area (Å²) < 4.78 is 22.3. The predicted octanol–water partition coefficient (Wildman–Crippen LogP) is 5.56. The molecule has 2 fully saturated rings. The van der Waals surface area contributed by atoms with Gasteiger partial charge in [-0.1, -0.05) is 24.8 Å². The molecule has 2 unspecified atom stereocenters. The van der Waals surface area contributed by atoms with E-state index >= 15 is 0 Å². The maximum Gasteiger partial charge on any atom is 0.333 e. The minimum Gasteiger partial charge on any atom is -0.494 e. The van der Waals surface area contributed by atoms with Crippen LogP contribution in [-0.4, -0.2) is 37.4 Å². The highest BCUT2D eigenvalue weighted by Gasteiger charge is 2.26. The van der Waals surface area contributed by atoms with Gasteiger partial charge in [0.05, 0.1) is 13.2 Å². The monoisotopic (exact) mass is 464 g/mol. The van der Waals surface area contributed by atoms with Gasteiger partial charge >= 0.3 is 11.9 Å². The zero-order chi connectivity index (χ0) is 23.9. The molecule has 2 aromatic rings. The summed E-state index contributed by atoms with van der Waals surface area (Å²) in [5.41, 5.74) is 3.87. The molecule has 0 saturated carbocycles. The second-order valence-electron chi connectivity index (χ2n) is 8.97. The minimum absolute atomic E-state index is 0.0566. The molecule has 2 aromatic carbocycles. The van der Waals surface area contributed by atoms with Gasteiger partial charge in [0.1, 0.15) is 23.7 Å². The Morgan fingerprint density at radius 2 is 1.62 bits per heavy atom. The van der Waals surface area contributed by atoms with Crippen molar-refractivity contribution in [3.63, 3.8) is 0 Å². The van der Waals surface area contributed by atoms with Crippen LogP contribution in [0.3, 0.4) is 0 Å². The van der Waals surface area contributed by atoms with Gasteiger partial charge in [-0.2, -0.15) is 0 Å². The lowest BCUT2D eigenvalue weighted by atomic mass is 10.0. The van der Waals surface area contributed by atoms with Crippen LogP contribution in [0.1, 0.15) is 50.5 Å². The third-order valence-electron chi connectivity index (χ3n) is 6.23. The molecule has 0 amide bonds. The van der Waals surface area contributed by atoms with Crippen molar-refractivity contribution in [2.45, 2.75) is 64.1 Å². The molecule has 6 heteroatoms. The first-order valence-electron chi connectivity index (χ1n) is 12.0. The Balaban J connectivity index is 1.20. The molecule has 4 rings (SSSR count). The van der Waals surface area contributed by atoms with E-state index in [1.54, 1.807) is 0 Å². The highest BCUT2D eigenvalue weighted by atomic mass is 16.6. The molecule has 2 heterocycles. The van der Waals surface area contributed by atoms with Crippen molar-refractivity contribution in [3.8, 4) is 22.6 Å². The van der Waals surface area contributed by atoms with Crippen LogP contribution in [0.25, 0.3) is 11.1 Å². The van der Waals surface area contributed by atoms with E-state index in [0.717, 1.165) is 60.3 Å². The number of cyclic esters (lactones) is 2. The highest BCUT2D eigenvalue weighted by Crippen LogP contribution is 2.28. The van der Waals surface area contributed by atoms with E-state index in [0.29, 0.717) is 31.6 Å². The zero-order valence-corrected chi connectivity index (χ0v) is 19.7. The number of benzene rings is 2. The summed E-state index contributed by atoms with van der Waals surface area (Å²) in [5.74, 6) is 1.34. The van der Waals surface area contributed by atoms with Gasteiger partial charge in [0, 0.05) is 18.4 Å². The summed E-state index contributed by atoms with van der Waals surface area (Å²) in [7, 11) is 0. The van der Waals surface area contributed by atoms with E-state index in [2.05, 4.69) is 30.8 Å². The Bertz CT molecular complexity index is 1010. The summed E-state index contributed by atoms with van der Waals surface area (Å²) in [6.45, 7) is 6.95. The van der Waals surface area contributed by atoms with Crippen LogP contribution < -0.4 is 9.47 Å². The van der Waals surface area contributed by atoms with Gasteiger partial charge in [-0.15, -0.1) is 0 Å². The normalized spacial score (nSPS) is 19.7. The molecule has 2 saturated heterocycles. The van der Waals surface area contributed by atoms with E-state index < -0.39 is 0 Å². The summed E-state index contributed by atoms with van der Waals surface area (Å²) in [6.07, 6.45) is 5.29. The Morgan fingerprint density at radius 3 is 2.26 bits per heavy atom. The van der Waals surface area contributed by atoms with E-state index in [1.165, 1.54) is 0 Å². The second kappa shape index (κ2) is 11.2. The molecule has 2 aliphatic rings. The Morgan fingerprint density at radius 1 is 0.912 bits per heavy atom. The van der Waals surface area contributed by atoms with Crippen molar-refractivity contribution < 1.29 is 28.5 Å². The van der Waals surface area contributed by atoms with Crippen molar-refractivity contribution >= 4 is 11.9 Å². The fraction of sp³-hybridized carbons (Fsp3) is 0.429. The average molecular weight is 465 g/mol. The number of esters is 2. The van der Waals surface area contributed by atoms with E-state index in [-0.39, 0.29) is 24.1 Å². The van der Waals surface area contributed by atoms with Crippen molar-refractivity contribution in [2.24, 2.45) is 0 Å². The average Bonchev–Trinajstić information content (AvgIpc) is 3.39. The highest BCUT2D eigenvalue weighted by molar-refractivity contribution is 5.89. The molecule has 0 N–H and O–H groups in total. The zero-order valence-electron chi connectivity index (χ0n) is 19.7. The molecule has 2 atom stereocenters. The fourth-order valence-corrected chi connectivity index (χ4v) is 4.31. The van der Waals surface area contributed by atoms with Crippen molar-refractivity contribution in [1.29, 1.82) is 0 Å². The lowest BCUT2D eigenvalue weighted by molar-refractivity contribution is -0.141. The van der Waals surface area contributed by atoms with Gasteiger partial charge in [0.2, 0.25) is 0 Å². The van der Waals surface area contributed by atoms with Crippen LogP contribution >= 0.6 is 0 Å². The number of hydrogen-bond donors (Lipinski definition) is 0. The van der Waals surface area contributed by atoms with Gasteiger partial charge in [0.15, 0.2) is 0 Å². The van der Waals surface area contributed by atoms with Crippen molar-refractivity contribution in [3.05, 3.63) is 60.2 Å². The number of ether oxygens (including phenoxy) is 4. The summed E-state index contributed by atoms with van der Waals surface area (Å²) >= 11 is 0. The standard InChI is InChI=1S/C28H32O6/c1-19-17-22(9-13-26(19)32-16-4-6-25-18-20(2)28(30)34-25)21-7-10-23(11-8-21)31-15-3-5-24-12-14-27(29)33-24/h7-11,13,17,24-25H,2-6,12,14-16,18H2,1H3. The van der Waals surface area contributed by atoms with Crippen LogP contribution in [0.2, 0.25) is 0 Å². The molecule has 6 nitrogen and oxygen atoms in total. The maximum atomic E-state index is 11.4. The van der Waals surface area contributed by atoms with Crippen molar-refractivity contribution in [2.75, 3.05) is 13.2 Å². The summed E-state index contributed by atoms with van der Waals surface area (Å²) in [5, 5.41) is 0. The summed E-state index contributed by atoms with van der Waals surface area (Å²) in [4.78, 5) is 22.5. The van der Waals surface area contributed by atoms with Crippen LogP contribution in [0.15, 0.2) is 54.6 Å². The molecular formula is C28H32O6. The smallest absolute Gasteiger partial charge is 0.333 e. The van der Waals surface area contributed by atoms with Gasteiger partial charge in [-0.3, -0.25) is 4.79 Å². The molecule has 0 radical (unpaired) electrons. The molecule has 0 bridgehead atoms. The molecule has 180 valence electrons. The minimum atomic E-state index is -0.273. The van der Waals surface area contributed by atoms with E-state index in [4.69, 9.17) is 18.9 Å². The molecule has 34 heavy (non-hydrogen) atoms. The molecule has 0 aliphatic carbocycles. The molecule has 2 aliphatic heterocycles. The van der Waals surface area contributed by atoms with Crippen LogP contribution in [0, 0.1) is 6.92 Å². The van der Waals surface area contributed by atoms with Crippen LogP contribution in [0.5, 0.6) is 11.5 Å². The summed E-state index contributed by atoms with van der Waals surface area (Å²) in [6, 6.07) is 14.3. The molecular weight excluding hydrogens is 432 g/mol. The van der Waals surface area contributed by atoms with Gasteiger partial charge < -0.3 is 18.9 Å². The number of carbonyl (C=O) groups is 2. The van der Waals surface area contributed by atoms with Gasteiger partial charge in [-0.25, -0.2) is 4.79 Å². The maximum absolute atomic E-state index is 11.4. The van der Waals surface area contributed by atoms with Crippen molar-refractivity contribution in [1.82, 2.24) is 0 Å². The molecule has 0 spiro atoms. The molecule has 0 aromatic heterocycles. The Labute approximate surface area is 200 Å². The van der Waals surface area contributed by atoms with Crippen LogP contribution in [0.4, 0.5) is 0 Å². The fourth-order valence-electron chi connectivity index (χ4n) is 4.31. The first kappa shape index (κ1) is 23.9. The lowest BCUT2D eigenvalue weighted by Gasteiger charge is -2.13. The largest absolute Gasteiger partial charge is 0.494 e. The lowest BCUT2D eigenvalue weighted by Crippen LogP contribution is -2.09. The van der Waals surface area contributed by atoms with E-state index in [1.807, 2.05) is 25.1 Å². The predicted molar refractivity (Wildman–Crippen MR) is 129 cm³/mol. The quantitative estimate of drug-likeness (QED) is 0.246. The SMILES string of the molecule is C=C1CC(CCCOc2ccc(-c3ccc(OCCCC4CCC(=O)O4)cc3)cc2C)OC1=O. The Kier molecular flexibility index (Phi) is 7.88. The number of aryl methyl sites for hydroxylation is 1. The topological polar surface area (TPSA) is 71.1 Å². The van der Waals surface area contributed by atoms with Gasteiger partial charge in [-0.05, 0) is 80.0 Å². The number of rotatable bonds is 11. The van der Waals surface area contributed by atoms with Crippen LogP contribution in [-0.2, 0) is 19.1 Å². The van der Waals surface area contributed by atoms with Gasteiger partial charge in [0.25, 0.3) is 0 Å². The van der Waals surface area contributed by atoms with E-state index in [9.17, 15) is 9.59 Å². The first-order chi connectivity index (χ1) is 16.5. The first-order valence-corrected chi connectivity index (χ1v) is 12.0.